The normalized spacial score (nSPS) is 21.1. The third-order valence-corrected chi connectivity index (χ3v) is 3.81. The first-order valence-electron chi connectivity index (χ1n) is 9.09. The van der Waals surface area contributed by atoms with Crippen molar-refractivity contribution >= 4 is 5.97 Å². The fraction of sp³-hybridized carbons (Fsp3) is 0.632. The number of hydrogen-bond donors (Lipinski definition) is 1. The Morgan fingerprint density at radius 1 is 0.926 bits per heavy atom. The lowest BCUT2D eigenvalue weighted by atomic mass is 10.1. The maximum absolute atomic E-state index is 11.2. The molecule has 1 aliphatic rings. The Balaban J connectivity index is 1.77. The maximum atomic E-state index is 11.2. The van der Waals surface area contributed by atoms with Crippen LogP contribution in [0.25, 0.3) is 0 Å². The molecule has 1 heterocycles. The molecule has 0 aromatic heterocycles. The molecule has 1 N–H and O–H groups in total. The minimum Gasteiger partial charge on any atom is -0.478 e. The Kier molecular flexibility index (Phi) is 10.9. The summed E-state index contributed by atoms with van der Waals surface area (Å²) in [4.78, 5) is 11.2. The third kappa shape index (κ3) is 9.28. The summed E-state index contributed by atoms with van der Waals surface area (Å²) in [6, 6.07) is 6.78. The van der Waals surface area contributed by atoms with Crippen molar-refractivity contribution < 1.29 is 38.3 Å². The second-order valence-corrected chi connectivity index (χ2v) is 5.88. The van der Waals surface area contributed by atoms with Crippen LogP contribution in [0.3, 0.4) is 0 Å². The minimum absolute atomic E-state index is 0.194. The summed E-state index contributed by atoms with van der Waals surface area (Å²) in [5.74, 6) is -0.969. The SMILES string of the molecule is O=C(O)c1ccccc1COCC1COCCOCCOCCOCCO1. The first-order valence-corrected chi connectivity index (χ1v) is 9.09. The molecule has 152 valence electrons. The predicted octanol–water partition coefficient (Wildman–Crippen LogP) is 1.37. The molecule has 1 aromatic carbocycles. The van der Waals surface area contributed by atoms with E-state index in [1.54, 1.807) is 24.3 Å². The Labute approximate surface area is 159 Å². The molecule has 1 aromatic rings. The molecule has 1 saturated heterocycles. The van der Waals surface area contributed by atoms with E-state index in [0.29, 0.717) is 65.0 Å². The van der Waals surface area contributed by atoms with Gasteiger partial charge in [-0.25, -0.2) is 4.79 Å². The Morgan fingerprint density at radius 2 is 1.52 bits per heavy atom. The van der Waals surface area contributed by atoms with Crippen LogP contribution < -0.4 is 0 Å². The van der Waals surface area contributed by atoms with Gasteiger partial charge in [0.2, 0.25) is 0 Å². The van der Waals surface area contributed by atoms with E-state index in [-0.39, 0.29) is 24.9 Å². The van der Waals surface area contributed by atoms with Crippen LogP contribution >= 0.6 is 0 Å². The molecule has 27 heavy (non-hydrogen) atoms. The number of aromatic carboxylic acids is 1. The van der Waals surface area contributed by atoms with Gasteiger partial charge in [0.1, 0.15) is 6.10 Å². The highest BCUT2D eigenvalue weighted by molar-refractivity contribution is 5.89. The Bertz CT molecular complexity index is 520. The molecule has 1 fully saturated rings. The van der Waals surface area contributed by atoms with Crippen LogP contribution in [-0.4, -0.2) is 83.2 Å². The van der Waals surface area contributed by atoms with Crippen LogP contribution in [0.2, 0.25) is 0 Å². The summed E-state index contributed by atoms with van der Waals surface area (Å²) < 4.78 is 33.2. The van der Waals surface area contributed by atoms with Gasteiger partial charge >= 0.3 is 5.97 Å². The first-order chi connectivity index (χ1) is 13.3. The largest absolute Gasteiger partial charge is 0.478 e. The van der Waals surface area contributed by atoms with E-state index in [1.807, 2.05) is 0 Å². The zero-order chi connectivity index (χ0) is 19.2. The number of carbonyl (C=O) groups is 1. The number of hydrogen-bond acceptors (Lipinski definition) is 7. The molecule has 8 nitrogen and oxygen atoms in total. The number of carboxylic acids is 1. The quantitative estimate of drug-likeness (QED) is 0.814. The molecule has 1 unspecified atom stereocenters. The highest BCUT2D eigenvalue weighted by Gasteiger charge is 2.13. The van der Waals surface area contributed by atoms with E-state index in [9.17, 15) is 9.90 Å². The Morgan fingerprint density at radius 3 is 2.19 bits per heavy atom. The summed E-state index contributed by atoms with van der Waals surface area (Å²) in [7, 11) is 0. The second kappa shape index (κ2) is 13.6. The van der Waals surface area contributed by atoms with Crippen molar-refractivity contribution in [2.24, 2.45) is 0 Å². The fourth-order valence-electron chi connectivity index (χ4n) is 2.45. The van der Waals surface area contributed by atoms with Crippen molar-refractivity contribution in [2.45, 2.75) is 12.7 Å². The van der Waals surface area contributed by atoms with E-state index in [0.717, 1.165) is 0 Å². The lowest BCUT2D eigenvalue weighted by Crippen LogP contribution is -2.28. The van der Waals surface area contributed by atoms with E-state index < -0.39 is 5.97 Å². The molecule has 1 atom stereocenters. The van der Waals surface area contributed by atoms with Crippen LogP contribution in [-0.2, 0) is 35.0 Å². The highest BCUT2D eigenvalue weighted by atomic mass is 16.6. The summed E-state index contributed by atoms with van der Waals surface area (Å²) in [6.45, 7) is 4.75. The molecular weight excluding hydrogens is 356 g/mol. The van der Waals surface area contributed by atoms with Crippen molar-refractivity contribution in [1.82, 2.24) is 0 Å². The average molecular weight is 384 g/mol. The summed E-state index contributed by atoms with van der Waals surface area (Å²) in [5, 5.41) is 9.22. The van der Waals surface area contributed by atoms with Gasteiger partial charge in [-0.05, 0) is 11.6 Å². The van der Waals surface area contributed by atoms with E-state index in [2.05, 4.69) is 0 Å². The highest BCUT2D eigenvalue weighted by Crippen LogP contribution is 2.10. The van der Waals surface area contributed by atoms with Gasteiger partial charge in [-0.3, -0.25) is 0 Å². The minimum atomic E-state index is -0.969. The monoisotopic (exact) mass is 384 g/mol. The molecule has 0 amide bonds. The molecule has 0 bridgehead atoms. The zero-order valence-corrected chi connectivity index (χ0v) is 15.5. The van der Waals surface area contributed by atoms with Gasteiger partial charge in [-0.2, -0.15) is 0 Å². The lowest BCUT2D eigenvalue weighted by Gasteiger charge is -2.18. The standard InChI is InChI=1S/C19H28O8/c20-19(21)18-4-2-1-3-16(18)13-26-15-17-14-25-10-9-23-6-5-22-7-8-24-11-12-27-17/h1-4,17H,5-15H2,(H,20,21). The van der Waals surface area contributed by atoms with Crippen molar-refractivity contribution in [3.63, 3.8) is 0 Å². The molecule has 8 heteroatoms. The maximum Gasteiger partial charge on any atom is 0.336 e. The van der Waals surface area contributed by atoms with Crippen molar-refractivity contribution in [3.8, 4) is 0 Å². The Hall–Kier alpha value is -1.55. The molecule has 1 aliphatic heterocycles. The number of rotatable bonds is 5. The first kappa shape index (κ1) is 21.7. The molecule has 0 spiro atoms. The van der Waals surface area contributed by atoms with Crippen LogP contribution in [0.15, 0.2) is 24.3 Å². The van der Waals surface area contributed by atoms with Gasteiger partial charge in [0.05, 0.1) is 78.2 Å². The van der Waals surface area contributed by atoms with Gasteiger partial charge < -0.3 is 33.5 Å². The van der Waals surface area contributed by atoms with Crippen molar-refractivity contribution in [2.75, 3.05) is 66.1 Å². The van der Waals surface area contributed by atoms with Crippen LogP contribution in [0.1, 0.15) is 15.9 Å². The number of ether oxygens (including phenoxy) is 6. The smallest absolute Gasteiger partial charge is 0.336 e. The van der Waals surface area contributed by atoms with Gasteiger partial charge in [-0.1, -0.05) is 18.2 Å². The third-order valence-electron chi connectivity index (χ3n) is 3.81. The lowest BCUT2D eigenvalue weighted by molar-refractivity contribution is -0.0802. The van der Waals surface area contributed by atoms with Crippen LogP contribution in [0, 0.1) is 0 Å². The molecule has 0 aliphatic carbocycles. The van der Waals surface area contributed by atoms with Gasteiger partial charge in [-0.15, -0.1) is 0 Å². The molecule has 2 rings (SSSR count). The summed E-state index contributed by atoms with van der Waals surface area (Å²) in [6.07, 6.45) is -0.271. The molecule has 0 saturated carbocycles. The van der Waals surface area contributed by atoms with Crippen LogP contribution in [0.4, 0.5) is 0 Å². The number of carboxylic acid groups (broad SMARTS) is 1. The summed E-state index contributed by atoms with van der Waals surface area (Å²) >= 11 is 0. The van der Waals surface area contributed by atoms with Crippen molar-refractivity contribution in [1.29, 1.82) is 0 Å². The second-order valence-electron chi connectivity index (χ2n) is 5.88. The summed E-state index contributed by atoms with van der Waals surface area (Å²) in [5.41, 5.74) is 0.865. The zero-order valence-electron chi connectivity index (χ0n) is 15.5. The van der Waals surface area contributed by atoms with Gasteiger partial charge in [0.15, 0.2) is 0 Å². The molecule has 0 radical (unpaired) electrons. The number of benzene rings is 1. The van der Waals surface area contributed by atoms with Gasteiger partial charge in [0, 0.05) is 0 Å². The van der Waals surface area contributed by atoms with E-state index in [1.165, 1.54) is 0 Å². The topological polar surface area (TPSA) is 92.7 Å². The molecular formula is C19H28O8. The predicted molar refractivity (Wildman–Crippen MR) is 96.1 cm³/mol. The van der Waals surface area contributed by atoms with E-state index in [4.69, 9.17) is 28.4 Å². The van der Waals surface area contributed by atoms with Crippen molar-refractivity contribution in [3.05, 3.63) is 35.4 Å². The van der Waals surface area contributed by atoms with E-state index >= 15 is 0 Å². The fourth-order valence-corrected chi connectivity index (χ4v) is 2.45. The van der Waals surface area contributed by atoms with Gasteiger partial charge in [0.25, 0.3) is 0 Å². The average Bonchev–Trinajstić information content (AvgIpc) is 2.68. The van der Waals surface area contributed by atoms with Crippen LogP contribution in [0.5, 0.6) is 0 Å².